The van der Waals surface area contributed by atoms with Crippen molar-refractivity contribution < 1.29 is 4.74 Å². The number of benzene rings is 1. The second-order valence-corrected chi connectivity index (χ2v) is 6.70. The lowest BCUT2D eigenvalue weighted by molar-refractivity contribution is 0.411. The van der Waals surface area contributed by atoms with Crippen LogP contribution in [0.25, 0.3) is 11.4 Å². The first-order chi connectivity index (χ1) is 11.2. The standard InChI is InChI=1S/C16H15BrN4OS/c1-21-15(11-5-7-18-8-6-11)19-20-16(21)23-10-12-9-13(17)3-4-14(12)22-2/h3-9H,10H2,1-2H3. The Balaban J connectivity index is 1.80. The molecule has 0 saturated carbocycles. The molecule has 0 amide bonds. The number of pyridine rings is 1. The summed E-state index contributed by atoms with van der Waals surface area (Å²) in [7, 11) is 3.65. The lowest BCUT2D eigenvalue weighted by Crippen LogP contribution is -1.96. The molecule has 0 saturated heterocycles. The summed E-state index contributed by atoms with van der Waals surface area (Å²) in [5.41, 5.74) is 2.11. The molecular weight excluding hydrogens is 376 g/mol. The summed E-state index contributed by atoms with van der Waals surface area (Å²) in [6.45, 7) is 0. The molecule has 2 aromatic heterocycles. The van der Waals surface area contributed by atoms with Gasteiger partial charge in [-0.05, 0) is 30.3 Å². The third-order valence-corrected chi connectivity index (χ3v) is 4.93. The zero-order valence-electron chi connectivity index (χ0n) is 12.7. The maximum absolute atomic E-state index is 5.41. The van der Waals surface area contributed by atoms with Crippen molar-refractivity contribution in [3.8, 4) is 17.1 Å². The summed E-state index contributed by atoms with van der Waals surface area (Å²) in [6, 6.07) is 9.84. The van der Waals surface area contributed by atoms with Crippen LogP contribution in [-0.2, 0) is 12.8 Å². The maximum Gasteiger partial charge on any atom is 0.191 e. The fraction of sp³-hybridized carbons (Fsp3) is 0.188. The van der Waals surface area contributed by atoms with E-state index in [4.69, 9.17) is 4.74 Å². The summed E-state index contributed by atoms with van der Waals surface area (Å²) < 4.78 is 8.43. The molecule has 1 aromatic carbocycles. The van der Waals surface area contributed by atoms with Gasteiger partial charge in [0.25, 0.3) is 0 Å². The van der Waals surface area contributed by atoms with Gasteiger partial charge in [0.05, 0.1) is 7.11 Å². The van der Waals surface area contributed by atoms with Gasteiger partial charge in [-0.15, -0.1) is 10.2 Å². The smallest absolute Gasteiger partial charge is 0.191 e. The first-order valence-electron chi connectivity index (χ1n) is 6.94. The van der Waals surface area contributed by atoms with Crippen LogP contribution >= 0.6 is 27.7 Å². The second kappa shape index (κ2) is 7.14. The maximum atomic E-state index is 5.41. The third kappa shape index (κ3) is 3.56. The van der Waals surface area contributed by atoms with Crippen molar-refractivity contribution in [2.75, 3.05) is 7.11 Å². The number of rotatable bonds is 5. The topological polar surface area (TPSA) is 52.8 Å². The quantitative estimate of drug-likeness (QED) is 0.617. The van der Waals surface area contributed by atoms with E-state index in [1.54, 1.807) is 31.3 Å². The van der Waals surface area contributed by atoms with Crippen LogP contribution in [0.1, 0.15) is 5.56 Å². The lowest BCUT2D eigenvalue weighted by Gasteiger charge is -2.08. The van der Waals surface area contributed by atoms with Crippen LogP contribution < -0.4 is 4.74 Å². The summed E-state index contributed by atoms with van der Waals surface area (Å²) in [6.07, 6.45) is 3.51. The zero-order valence-corrected chi connectivity index (χ0v) is 15.1. The van der Waals surface area contributed by atoms with Crippen LogP contribution in [0.4, 0.5) is 0 Å². The SMILES string of the molecule is COc1ccc(Br)cc1CSc1nnc(-c2ccncc2)n1C. The third-order valence-electron chi connectivity index (χ3n) is 3.37. The normalized spacial score (nSPS) is 10.7. The molecular formula is C16H15BrN4OS. The van der Waals surface area contributed by atoms with Crippen molar-refractivity contribution >= 4 is 27.7 Å². The number of thioether (sulfide) groups is 1. The Morgan fingerprint density at radius 1 is 1.17 bits per heavy atom. The van der Waals surface area contributed by atoms with Crippen LogP contribution in [0.3, 0.4) is 0 Å². The number of methoxy groups -OCH3 is 1. The molecule has 0 aliphatic heterocycles. The van der Waals surface area contributed by atoms with Gasteiger partial charge in [0.15, 0.2) is 11.0 Å². The van der Waals surface area contributed by atoms with Crippen LogP contribution in [0.2, 0.25) is 0 Å². The van der Waals surface area contributed by atoms with Gasteiger partial charge in [0.2, 0.25) is 0 Å². The number of nitrogens with zero attached hydrogens (tertiary/aromatic N) is 4. The number of hydrogen-bond acceptors (Lipinski definition) is 5. The van der Waals surface area contributed by atoms with Crippen molar-refractivity contribution in [2.45, 2.75) is 10.9 Å². The van der Waals surface area contributed by atoms with E-state index in [9.17, 15) is 0 Å². The van der Waals surface area contributed by atoms with Gasteiger partial charge in [-0.2, -0.15) is 0 Å². The Hall–Kier alpha value is -1.86. The van der Waals surface area contributed by atoms with Crippen molar-refractivity contribution in [3.05, 3.63) is 52.8 Å². The average molecular weight is 391 g/mol. The Labute approximate surface area is 147 Å². The molecule has 3 aromatic rings. The van der Waals surface area contributed by atoms with E-state index >= 15 is 0 Å². The predicted octanol–water partition coefficient (Wildman–Crippen LogP) is 3.94. The van der Waals surface area contributed by atoms with E-state index in [2.05, 4.69) is 37.2 Å². The summed E-state index contributed by atoms with van der Waals surface area (Å²) >= 11 is 5.12. The minimum absolute atomic E-state index is 0.755. The Morgan fingerprint density at radius 2 is 1.96 bits per heavy atom. The largest absolute Gasteiger partial charge is 0.496 e. The van der Waals surface area contributed by atoms with Gasteiger partial charge in [-0.1, -0.05) is 27.7 Å². The molecule has 0 aliphatic carbocycles. The summed E-state index contributed by atoms with van der Waals surface area (Å²) in [5, 5.41) is 9.43. The van der Waals surface area contributed by atoms with Gasteiger partial charge in [0.1, 0.15) is 5.75 Å². The van der Waals surface area contributed by atoms with Crippen LogP contribution in [0.5, 0.6) is 5.75 Å². The zero-order chi connectivity index (χ0) is 16.2. The van der Waals surface area contributed by atoms with Crippen molar-refractivity contribution in [1.82, 2.24) is 19.7 Å². The summed E-state index contributed by atoms with van der Waals surface area (Å²) in [5.74, 6) is 2.46. The van der Waals surface area contributed by atoms with E-state index < -0.39 is 0 Å². The second-order valence-electron chi connectivity index (χ2n) is 4.85. The lowest BCUT2D eigenvalue weighted by atomic mass is 10.2. The molecule has 0 radical (unpaired) electrons. The van der Waals surface area contributed by atoms with E-state index in [0.29, 0.717) is 0 Å². The highest BCUT2D eigenvalue weighted by atomic mass is 79.9. The van der Waals surface area contributed by atoms with Crippen LogP contribution in [0.15, 0.2) is 52.4 Å². The minimum atomic E-state index is 0.755. The minimum Gasteiger partial charge on any atom is -0.496 e. The predicted molar refractivity (Wildman–Crippen MR) is 94.5 cm³/mol. The fourth-order valence-electron chi connectivity index (χ4n) is 2.20. The first kappa shape index (κ1) is 16.0. The molecule has 0 N–H and O–H groups in total. The highest BCUT2D eigenvalue weighted by molar-refractivity contribution is 9.10. The first-order valence-corrected chi connectivity index (χ1v) is 8.72. The van der Waals surface area contributed by atoms with E-state index in [0.717, 1.165) is 38.1 Å². The average Bonchev–Trinajstić information content (AvgIpc) is 2.94. The highest BCUT2D eigenvalue weighted by Gasteiger charge is 2.12. The van der Waals surface area contributed by atoms with Gasteiger partial charge < -0.3 is 9.30 Å². The molecule has 118 valence electrons. The Bertz CT molecular complexity index is 807. The molecule has 2 heterocycles. The van der Waals surface area contributed by atoms with Crippen molar-refractivity contribution in [2.24, 2.45) is 7.05 Å². The molecule has 7 heteroatoms. The number of halogens is 1. The molecule has 0 atom stereocenters. The van der Waals surface area contributed by atoms with Gasteiger partial charge in [-0.3, -0.25) is 4.98 Å². The molecule has 0 bridgehead atoms. The Morgan fingerprint density at radius 3 is 2.70 bits per heavy atom. The fourth-order valence-corrected chi connectivity index (χ4v) is 3.49. The number of aromatic nitrogens is 4. The monoisotopic (exact) mass is 390 g/mol. The molecule has 23 heavy (non-hydrogen) atoms. The van der Waals surface area contributed by atoms with Crippen molar-refractivity contribution in [1.29, 1.82) is 0 Å². The van der Waals surface area contributed by atoms with Gasteiger partial charge in [0, 0.05) is 40.8 Å². The molecule has 0 spiro atoms. The number of hydrogen-bond donors (Lipinski definition) is 0. The van der Waals surface area contributed by atoms with Crippen molar-refractivity contribution in [3.63, 3.8) is 0 Å². The number of ether oxygens (including phenoxy) is 1. The van der Waals surface area contributed by atoms with E-state index in [1.807, 2.05) is 35.9 Å². The molecule has 5 nitrogen and oxygen atoms in total. The van der Waals surface area contributed by atoms with Crippen LogP contribution in [-0.4, -0.2) is 26.9 Å². The Kier molecular flexibility index (Phi) is 4.97. The van der Waals surface area contributed by atoms with E-state index in [-0.39, 0.29) is 0 Å². The van der Waals surface area contributed by atoms with E-state index in [1.165, 1.54) is 0 Å². The molecule has 0 unspecified atom stereocenters. The summed E-state index contributed by atoms with van der Waals surface area (Å²) in [4.78, 5) is 4.03. The highest BCUT2D eigenvalue weighted by Crippen LogP contribution is 2.30. The molecule has 0 fully saturated rings. The molecule has 0 aliphatic rings. The van der Waals surface area contributed by atoms with Gasteiger partial charge in [-0.25, -0.2) is 0 Å². The molecule has 3 rings (SSSR count). The van der Waals surface area contributed by atoms with Crippen LogP contribution in [0, 0.1) is 0 Å². The van der Waals surface area contributed by atoms with Gasteiger partial charge >= 0.3 is 0 Å².